The number of H-pyrrole nitrogens is 1. The highest BCUT2D eigenvalue weighted by Crippen LogP contribution is 2.40. The Morgan fingerprint density at radius 2 is 2.03 bits per heavy atom. The summed E-state index contributed by atoms with van der Waals surface area (Å²) in [5, 5.41) is 16.2. The summed E-state index contributed by atoms with van der Waals surface area (Å²) in [5.74, 6) is 2.54. The lowest BCUT2D eigenvalue weighted by Crippen LogP contribution is -2.35. The number of hydrogen-bond donors (Lipinski definition) is 2. The van der Waals surface area contributed by atoms with E-state index in [4.69, 9.17) is 21.3 Å². The Hall–Kier alpha value is -4.18. The number of halogens is 1. The van der Waals surface area contributed by atoms with Gasteiger partial charge in [-0.05, 0) is 61.9 Å². The standard InChI is InChI=1S/C28H27ClN8O2/c1-2-39-20-10-21(26-22-12-32-34-27(22)35-37(26)15-20)16-5-6-24(31-11-16)36-13-17-8-19(9-18(17)14-36)33-28(38)25-23(29)4-3-7-30-25/h3-7,10-12,15,17-19H,2,8-9,13-14H2,1H3,(H,33,38)(H,34,35)/t17-,18+,19?. The lowest BCUT2D eigenvalue weighted by molar-refractivity contribution is 0.0931. The zero-order chi connectivity index (χ0) is 26.5. The topological polar surface area (TPSA) is 113 Å². The summed E-state index contributed by atoms with van der Waals surface area (Å²) in [6, 6.07) is 9.79. The smallest absolute Gasteiger partial charge is 0.271 e. The zero-order valence-corrected chi connectivity index (χ0v) is 22.1. The van der Waals surface area contributed by atoms with Gasteiger partial charge in [-0.15, -0.1) is 5.10 Å². The van der Waals surface area contributed by atoms with Gasteiger partial charge in [-0.1, -0.05) is 11.6 Å². The highest BCUT2D eigenvalue weighted by atomic mass is 35.5. The molecule has 5 aromatic rings. The minimum atomic E-state index is -0.201. The van der Waals surface area contributed by atoms with Gasteiger partial charge in [-0.3, -0.25) is 9.89 Å². The van der Waals surface area contributed by atoms with E-state index in [2.05, 4.69) is 42.6 Å². The second-order valence-electron chi connectivity index (χ2n) is 10.3. The molecule has 6 heterocycles. The van der Waals surface area contributed by atoms with Gasteiger partial charge in [-0.25, -0.2) is 14.5 Å². The van der Waals surface area contributed by atoms with Crippen molar-refractivity contribution in [2.24, 2.45) is 11.8 Å². The van der Waals surface area contributed by atoms with Crippen LogP contribution in [0.25, 0.3) is 27.7 Å². The van der Waals surface area contributed by atoms with Gasteiger partial charge in [0.25, 0.3) is 5.91 Å². The molecule has 1 saturated carbocycles. The van der Waals surface area contributed by atoms with Crippen molar-refractivity contribution in [1.29, 1.82) is 0 Å². The molecule has 3 atom stereocenters. The van der Waals surface area contributed by atoms with Crippen LogP contribution in [-0.2, 0) is 0 Å². The van der Waals surface area contributed by atoms with Crippen LogP contribution in [0.2, 0.25) is 5.02 Å². The van der Waals surface area contributed by atoms with Crippen molar-refractivity contribution in [3.05, 3.63) is 65.8 Å². The number of amides is 1. The molecule has 2 N–H and O–H groups in total. The molecule has 7 rings (SSSR count). The molecule has 0 spiro atoms. The molecule has 2 fully saturated rings. The maximum Gasteiger partial charge on any atom is 0.271 e. The molecular formula is C28H27ClN8O2. The van der Waals surface area contributed by atoms with Crippen molar-refractivity contribution in [3.8, 4) is 16.9 Å². The number of nitrogens with zero attached hydrogens (tertiary/aromatic N) is 6. The minimum Gasteiger partial charge on any atom is -0.492 e. The van der Waals surface area contributed by atoms with Crippen molar-refractivity contribution in [2.45, 2.75) is 25.8 Å². The van der Waals surface area contributed by atoms with Crippen LogP contribution in [-0.4, -0.2) is 61.4 Å². The van der Waals surface area contributed by atoms with Crippen LogP contribution < -0.4 is 15.0 Å². The first kappa shape index (κ1) is 23.9. The number of nitrogens with one attached hydrogen (secondary N) is 2. The van der Waals surface area contributed by atoms with E-state index < -0.39 is 0 Å². The average molecular weight is 543 g/mol. The summed E-state index contributed by atoms with van der Waals surface area (Å²) in [5.41, 5.74) is 3.97. The van der Waals surface area contributed by atoms with Gasteiger partial charge < -0.3 is 15.0 Å². The van der Waals surface area contributed by atoms with Gasteiger partial charge >= 0.3 is 0 Å². The summed E-state index contributed by atoms with van der Waals surface area (Å²) < 4.78 is 7.65. The lowest BCUT2D eigenvalue weighted by atomic mass is 10.0. The van der Waals surface area contributed by atoms with E-state index in [0.717, 1.165) is 65.2 Å². The zero-order valence-electron chi connectivity index (χ0n) is 21.3. The monoisotopic (exact) mass is 542 g/mol. The largest absolute Gasteiger partial charge is 0.492 e. The number of carbonyl (C=O) groups is 1. The van der Waals surface area contributed by atoms with Crippen LogP contribution in [0, 0.1) is 11.8 Å². The number of fused-ring (bicyclic) bond motifs is 4. The van der Waals surface area contributed by atoms with E-state index in [9.17, 15) is 4.79 Å². The third kappa shape index (κ3) is 4.24. The highest BCUT2D eigenvalue weighted by molar-refractivity contribution is 6.33. The van der Waals surface area contributed by atoms with E-state index in [-0.39, 0.29) is 17.6 Å². The Balaban J connectivity index is 1.07. The van der Waals surface area contributed by atoms with Crippen LogP contribution in [0.1, 0.15) is 30.3 Å². The molecule has 2 aliphatic rings. The fraction of sp³-hybridized carbons (Fsp3) is 0.321. The summed E-state index contributed by atoms with van der Waals surface area (Å²) >= 11 is 6.15. The Kier molecular flexibility index (Phi) is 5.84. The third-order valence-corrected chi connectivity index (χ3v) is 8.16. The van der Waals surface area contributed by atoms with Crippen LogP contribution in [0.4, 0.5) is 5.82 Å². The predicted octanol–water partition coefficient (Wildman–Crippen LogP) is 4.36. The number of aromatic nitrogens is 6. The molecule has 10 nitrogen and oxygen atoms in total. The maximum atomic E-state index is 12.7. The van der Waals surface area contributed by atoms with E-state index in [0.29, 0.717) is 23.5 Å². The van der Waals surface area contributed by atoms with Crippen LogP contribution in [0.5, 0.6) is 5.75 Å². The number of ether oxygens (including phenoxy) is 1. The highest BCUT2D eigenvalue weighted by Gasteiger charge is 2.42. The predicted molar refractivity (Wildman–Crippen MR) is 148 cm³/mol. The molecular weight excluding hydrogens is 516 g/mol. The van der Waals surface area contributed by atoms with Crippen LogP contribution >= 0.6 is 11.6 Å². The Bertz CT molecular complexity index is 1670. The van der Waals surface area contributed by atoms with Crippen molar-refractivity contribution < 1.29 is 9.53 Å². The molecule has 1 amide bonds. The quantitative estimate of drug-likeness (QED) is 0.327. The van der Waals surface area contributed by atoms with Gasteiger partial charge in [0.05, 0.1) is 34.9 Å². The molecule has 0 bridgehead atoms. The summed E-state index contributed by atoms with van der Waals surface area (Å²) in [4.78, 5) is 24.0. The molecule has 0 radical (unpaired) electrons. The first-order chi connectivity index (χ1) is 19.1. The molecule has 5 aromatic heterocycles. The number of carbonyl (C=O) groups excluding carboxylic acids is 1. The average Bonchev–Trinajstić information content (AvgIpc) is 3.69. The maximum absolute atomic E-state index is 12.7. The molecule has 39 heavy (non-hydrogen) atoms. The molecule has 1 aliphatic carbocycles. The second-order valence-corrected chi connectivity index (χ2v) is 10.7. The van der Waals surface area contributed by atoms with Gasteiger partial charge in [-0.2, -0.15) is 5.10 Å². The van der Waals surface area contributed by atoms with Crippen molar-refractivity contribution in [3.63, 3.8) is 0 Å². The Morgan fingerprint density at radius 1 is 1.18 bits per heavy atom. The van der Waals surface area contributed by atoms with Gasteiger partial charge in [0.2, 0.25) is 0 Å². The third-order valence-electron chi connectivity index (χ3n) is 7.86. The van der Waals surface area contributed by atoms with Crippen molar-refractivity contribution >= 4 is 39.9 Å². The van der Waals surface area contributed by atoms with E-state index >= 15 is 0 Å². The number of rotatable bonds is 6. The fourth-order valence-electron chi connectivity index (χ4n) is 6.15. The minimum absolute atomic E-state index is 0.137. The van der Waals surface area contributed by atoms with Crippen molar-refractivity contribution in [1.82, 2.24) is 35.1 Å². The number of anilines is 1. The molecule has 1 saturated heterocycles. The molecule has 1 unspecified atom stereocenters. The molecule has 198 valence electrons. The lowest BCUT2D eigenvalue weighted by Gasteiger charge is -2.21. The summed E-state index contributed by atoms with van der Waals surface area (Å²) in [7, 11) is 0. The van der Waals surface area contributed by atoms with Gasteiger partial charge in [0, 0.05) is 42.7 Å². The Morgan fingerprint density at radius 3 is 2.77 bits per heavy atom. The Labute approximate surface area is 229 Å². The number of pyridine rings is 3. The summed E-state index contributed by atoms with van der Waals surface area (Å²) in [6.45, 7) is 4.39. The molecule has 11 heteroatoms. The fourth-order valence-corrected chi connectivity index (χ4v) is 6.36. The molecule has 0 aromatic carbocycles. The van der Waals surface area contributed by atoms with Crippen LogP contribution in [0.15, 0.2) is 55.1 Å². The SMILES string of the molecule is CCOc1cc(-c2ccc(N3C[C@H]4CC(NC(=O)c5ncccc5Cl)C[C@H]4C3)nc2)c2c3cn[nH]c3nn2c1. The normalized spacial score (nSPS) is 20.6. The van der Waals surface area contributed by atoms with Gasteiger partial charge in [0.1, 0.15) is 17.3 Å². The van der Waals surface area contributed by atoms with Crippen LogP contribution in [0.3, 0.4) is 0 Å². The van der Waals surface area contributed by atoms with Gasteiger partial charge in [0.15, 0.2) is 5.65 Å². The first-order valence-electron chi connectivity index (χ1n) is 13.2. The summed E-state index contributed by atoms with van der Waals surface area (Å²) in [6.07, 6.45) is 9.09. The number of hydrogen-bond acceptors (Lipinski definition) is 7. The van der Waals surface area contributed by atoms with E-state index in [1.807, 2.05) is 29.9 Å². The van der Waals surface area contributed by atoms with Crippen molar-refractivity contribution in [2.75, 3.05) is 24.6 Å². The van der Waals surface area contributed by atoms with E-state index in [1.165, 1.54) is 0 Å². The molecule has 1 aliphatic heterocycles. The number of aromatic amines is 1. The first-order valence-corrected chi connectivity index (χ1v) is 13.6. The van der Waals surface area contributed by atoms with E-state index in [1.54, 1.807) is 24.5 Å². The second kappa shape index (κ2) is 9.53.